The van der Waals surface area contributed by atoms with Gasteiger partial charge in [0.1, 0.15) is 5.82 Å². The molecular formula is C49H29N3. The third kappa shape index (κ3) is 3.66. The molecule has 0 aliphatic heterocycles. The lowest BCUT2D eigenvalue weighted by Gasteiger charge is -2.13. The molecule has 3 heterocycles. The van der Waals surface area contributed by atoms with Gasteiger partial charge in [-0.2, -0.15) is 0 Å². The van der Waals surface area contributed by atoms with Crippen LogP contribution in [0.15, 0.2) is 176 Å². The van der Waals surface area contributed by atoms with Gasteiger partial charge in [0.05, 0.1) is 22.1 Å². The van der Waals surface area contributed by atoms with Crippen LogP contribution in [0.3, 0.4) is 0 Å². The molecule has 3 nitrogen and oxygen atoms in total. The number of aromatic nitrogens is 3. The predicted molar refractivity (Wildman–Crippen MR) is 220 cm³/mol. The molecule has 0 amide bonds. The fraction of sp³-hybridized carbons (Fsp3) is 0. The minimum absolute atomic E-state index is 0.920. The van der Waals surface area contributed by atoms with E-state index in [9.17, 15) is 0 Å². The van der Waals surface area contributed by atoms with Gasteiger partial charge in [0.2, 0.25) is 0 Å². The molecule has 0 atom stereocenters. The highest BCUT2D eigenvalue weighted by Crippen LogP contribution is 2.46. The molecule has 12 aromatic rings. The maximum Gasteiger partial charge on any atom is 0.137 e. The van der Waals surface area contributed by atoms with Crippen LogP contribution < -0.4 is 0 Å². The summed E-state index contributed by atoms with van der Waals surface area (Å²) in [5.41, 5.74) is 8.34. The average Bonchev–Trinajstić information content (AvgIpc) is 3.74. The Labute approximate surface area is 298 Å². The molecule has 3 heteroatoms. The van der Waals surface area contributed by atoms with Crippen molar-refractivity contribution in [3.63, 3.8) is 0 Å². The number of para-hydroxylation sites is 1. The molecule has 0 radical (unpaired) electrons. The van der Waals surface area contributed by atoms with Crippen molar-refractivity contribution < 1.29 is 0 Å². The first-order valence-electron chi connectivity index (χ1n) is 17.9. The molecular weight excluding hydrogens is 631 g/mol. The molecule has 52 heavy (non-hydrogen) atoms. The molecule has 3 aromatic heterocycles. The van der Waals surface area contributed by atoms with Gasteiger partial charge in [-0.3, -0.25) is 4.57 Å². The average molecular weight is 660 g/mol. The number of pyridine rings is 1. The van der Waals surface area contributed by atoms with Gasteiger partial charge in [-0.1, -0.05) is 121 Å². The zero-order valence-corrected chi connectivity index (χ0v) is 28.1. The largest absolute Gasteiger partial charge is 0.308 e. The van der Waals surface area contributed by atoms with E-state index in [4.69, 9.17) is 4.98 Å². The normalized spacial score (nSPS) is 12.2. The van der Waals surface area contributed by atoms with Crippen molar-refractivity contribution in [1.82, 2.24) is 14.1 Å². The van der Waals surface area contributed by atoms with Crippen molar-refractivity contribution in [2.24, 2.45) is 0 Å². The highest BCUT2D eigenvalue weighted by atomic mass is 15.1. The molecule has 0 fully saturated rings. The summed E-state index contributed by atoms with van der Waals surface area (Å²) in [6, 6.07) is 62.2. The maximum absolute atomic E-state index is 4.82. The predicted octanol–water partition coefficient (Wildman–Crippen LogP) is 13.0. The molecule has 0 aliphatic rings. The monoisotopic (exact) mass is 659 g/mol. The van der Waals surface area contributed by atoms with Crippen LogP contribution in [0.25, 0.3) is 109 Å². The highest BCUT2D eigenvalue weighted by Gasteiger charge is 2.24. The maximum atomic E-state index is 4.82. The molecule has 12 rings (SSSR count). The quantitative estimate of drug-likeness (QED) is 0.173. The van der Waals surface area contributed by atoms with Crippen LogP contribution in [-0.4, -0.2) is 14.1 Å². The molecule has 240 valence electrons. The van der Waals surface area contributed by atoms with Gasteiger partial charge in [-0.25, -0.2) is 4.98 Å². The van der Waals surface area contributed by atoms with Crippen molar-refractivity contribution in [2.45, 2.75) is 0 Å². The van der Waals surface area contributed by atoms with E-state index in [2.05, 4.69) is 173 Å². The van der Waals surface area contributed by atoms with Crippen molar-refractivity contribution in [2.75, 3.05) is 0 Å². The molecule has 0 bridgehead atoms. The molecule has 9 aromatic carbocycles. The summed E-state index contributed by atoms with van der Waals surface area (Å²) in [5, 5.41) is 15.3. The van der Waals surface area contributed by atoms with Gasteiger partial charge in [-0.05, 0) is 103 Å². The van der Waals surface area contributed by atoms with Crippen LogP contribution in [0.2, 0.25) is 0 Å². The van der Waals surface area contributed by atoms with Crippen LogP contribution in [0, 0.1) is 0 Å². The smallest absolute Gasteiger partial charge is 0.137 e. The van der Waals surface area contributed by atoms with Gasteiger partial charge in [0.25, 0.3) is 0 Å². The summed E-state index contributed by atoms with van der Waals surface area (Å²) in [6.07, 6.45) is 1.88. The molecule has 0 aliphatic carbocycles. The van der Waals surface area contributed by atoms with Crippen LogP contribution in [-0.2, 0) is 0 Å². The zero-order valence-electron chi connectivity index (χ0n) is 28.1. The Hall–Kier alpha value is -6.97. The van der Waals surface area contributed by atoms with Crippen molar-refractivity contribution in [3.05, 3.63) is 176 Å². The second-order valence-corrected chi connectivity index (χ2v) is 13.9. The molecule has 0 spiro atoms. The van der Waals surface area contributed by atoms with Gasteiger partial charge < -0.3 is 4.57 Å². The Morgan fingerprint density at radius 3 is 1.73 bits per heavy atom. The Balaban J connectivity index is 1.12. The van der Waals surface area contributed by atoms with E-state index in [0.29, 0.717) is 0 Å². The summed E-state index contributed by atoms with van der Waals surface area (Å²) >= 11 is 0. The minimum atomic E-state index is 0.920. The Morgan fingerprint density at radius 1 is 0.346 bits per heavy atom. The number of hydrogen-bond acceptors (Lipinski definition) is 1. The molecule has 0 saturated heterocycles. The van der Waals surface area contributed by atoms with Gasteiger partial charge >= 0.3 is 0 Å². The third-order valence-corrected chi connectivity index (χ3v) is 11.3. The first kappa shape index (κ1) is 27.8. The second kappa shape index (κ2) is 10.3. The van der Waals surface area contributed by atoms with E-state index in [-0.39, 0.29) is 0 Å². The standard InChI is InChI=1S/C49H29N3/c1-2-13-37-35(11-1)36-12-3-4-14-38(36)41-28-32(23-26-39(37)41)30-21-24-34(25-22-30)51-43-17-9-10-31-19-20-33-29-44-48(49(51)47(33)46(31)43)40-15-5-6-16-42(40)52(44)45-18-7-8-27-50-45/h1-29H. The minimum Gasteiger partial charge on any atom is -0.308 e. The topological polar surface area (TPSA) is 22.8 Å². The Morgan fingerprint density at radius 2 is 0.981 bits per heavy atom. The first-order chi connectivity index (χ1) is 25.8. The fourth-order valence-electron chi connectivity index (χ4n) is 9.09. The zero-order chi connectivity index (χ0) is 33.9. The van der Waals surface area contributed by atoms with E-state index in [1.165, 1.54) is 86.8 Å². The fourth-order valence-corrected chi connectivity index (χ4v) is 9.09. The van der Waals surface area contributed by atoms with E-state index in [1.54, 1.807) is 0 Å². The van der Waals surface area contributed by atoms with Crippen LogP contribution in [0.1, 0.15) is 0 Å². The number of benzene rings is 9. The van der Waals surface area contributed by atoms with Gasteiger partial charge in [0.15, 0.2) is 0 Å². The summed E-state index contributed by atoms with van der Waals surface area (Å²) in [7, 11) is 0. The van der Waals surface area contributed by atoms with Crippen LogP contribution in [0.5, 0.6) is 0 Å². The molecule has 0 unspecified atom stereocenters. The SMILES string of the molecule is c1ccc(-n2c3ccccc3c3c2cc2ccc4cccc5c4c2c3n5-c2ccc(-c3ccc4c5ccccc5c5ccccc5c4c3)cc2)nc1. The highest BCUT2D eigenvalue weighted by molar-refractivity contribution is 6.34. The lowest BCUT2D eigenvalue weighted by atomic mass is 9.92. The third-order valence-electron chi connectivity index (χ3n) is 11.3. The van der Waals surface area contributed by atoms with Crippen molar-refractivity contribution in [1.29, 1.82) is 0 Å². The van der Waals surface area contributed by atoms with E-state index >= 15 is 0 Å². The lowest BCUT2D eigenvalue weighted by Crippen LogP contribution is -1.97. The number of fused-ring (bicyclic) bond motifs is 10. The van der Waals surface area contributed by atoms with E-state index in [1.807, 2.05) is 12.3 Å². The van der Waals surface area contributed by atoms with Crippen LogP contribution >= 0.6 is 0 Å². The summed E-state index contributed by atoms with van der Waals surface area (Å²) < 4.78 is 4.81. The summed E-state index contributed by atoms with van der Waals surface area (Å²) in [5.74, 6) is 0.920. The Kier molecular flexibility index (Phi) is 5.50. The summed E-state index contributed by atoms with van der Waals surface area (Å²) in [6.45, 7) is 0. The second-order valence-electron chi connectivity index (χ2n) is 13.9. The Bertz CT molecular complexity index is 3350. The summed E-state index contributed by atoms with van der Waals surface area (Å²) in [4.78, 5) is 4.82. The van der Waals surface area contributed by atoms with Crippen LogP contribution in [0.4, 0.5) is 0 Å². The van der Waals surface area contributed by atoms with Crippen molar-refractivity contribution in [3.8, 4) is 22.6 Å². The number of rotatable bonds is 3. The van der Waals surface area contributed by atoms with E-state index < -0.39 is 0 Å². The van der Waals surface area contributed by atoms with Gasteiger partial charge in [-0.15, -0.1) is 0 Å². The van der Waals surface area contributed by atoms with E-state index in [0.717, 1.165) is 22.5 Å². The number of hydrogen-bond donors (Lipinski definition) is 0. The lowest BCUT2D eigenvalue weighted by molar-refractivity contribution is 1.08. The molecule has 0 saturated carbocycles. The van der Waals surface area contributed by atoms with Crippen molar-refractivity contribution >= 4 is 86.7 Å². The first-order valence-corrected chi connectivity index (χ1v) is 17.9. The molecule has 0 N–H and O–H groups in total. The van der Waals surface area contributed by atoms with Gasteiger partial charge in [0, 0.05) is 33.4 Å². The number of nitrogens with zero attached hydrogens (tertiary/aromatic N) is 3.